The number of amides is 1. The molecule has 1 atom stereocenters. The van der Waals surface area contributed by atoms with Crippen LogP contribution >= 0.6 is 0 Å². The van der Waals surface area contributed by atoms with Crippen molar-refractivity contribution in [2.75, 3.05) is 13.2 Å². The average Bonchev–Trinajstić information content (AvgIpc) is 2.66. The number of hydrogen-bond acceptors (Lipinski definition) is 4. The van der Waals surface area contributed by atoms with Crippen molar-refractivity contribution in [3.8, 4) is 5.75 Å². The van der Waals surface area contributed by atoms with Crippen LogP contribution in [0.5, 0.6) is 5.75 Å². The van der Waals surface area contributed by atoms with Gasteiger partial charge >= 0.3 is 0 Å². The zero-order chi connectivity index (χ0) is 18.1. The Morgan fingerprint density at radius 1 is 1.08 bits per heavy atom. The topological polar surface area (TPSA) is 110 Å². The fraction of sp³-hybridized carbons (Fsp3) is 0.250. The van der Waals surface area contributed by atoms with Gasteiger partial charge in [0.2, 0.25) is 5.91 Å². The lowest BCUT2D eigenvalue weighted by molar-refractivity contribution is -0.117. The third-order valence-electron chi connectivity index (χ3n) is 3.68. The Labute approximate surface area is 153 Å². The van der Waals surface area contributed by atoms with Gasteiger partial charge in [0.05, 0.1) is 6.61 Å². The Bertz CT molecular complexity index is 682. The van der Waals surface area contributed by atoms with Crippen molar-refractivity contribution in [3.63, 3.8) is 0 Å². The van der Waals surface area contributed by atoms with Gasteiger partial charge in [0.25, 0.3) is 0 Å². The van der Waals surface area contributed by atoms with Crippen molar-refractivity contribution in [3.05, 3.63) is 77.9 Å². The molecule has 0 saturated carbocycles. The smallest absolute Gasteiger partial charge is 0.243 e. The first-order valence-corrected chi connectivity index (χ1v) is 8.09. The van der Waals surface area contributed by atoms with Gasteiger partial charge < -0.3 is 25.7 Å². The minimum atomic E-state index is -0.784. The van der Waals surface area contributed by atoms with Crippen LogP contribution in [0.4, 0.5) is 0 Å². The third-order valence-corrected chi connectivity index (χ3v) is 3.68. The number of aliphatic hydroxyl groups excluding tert-OH is 2. The van der Waals surface area contributed by atoms with E-state index >= 15 is 0 Å². The Kier molecular flexibility index (Phi) is 9.08. The van der Waals surface area contributed by atoms with Crippen molar-refractivity contribution in [2.45, 2.75) is 19.1 Å². The number of aliphatic hydroxyl groups is 2. The van der Waals surface area contributed by atoms with Crippen LogP contribution < -0.4 is 10.1 Å². The largest absolute Gasteiger partial charge is 0.491 e. The minimum Gasteiger partial charge on any atom is -0.491 e. The summed E-state index contributed by atoms with van der Waals surface area (Å²) in [5.74, 6) is 0.337. The van der Waals surface area contributed by atoms with Crippen molar-refractivity contribution in [1.29, 1.82) is 0 Å². The highest BCUT2D eigenvalue weighted by Crippen LogP contribution is 2.16. The van der Waals surface area contributed by atoms with Crippen LogP contribution in [0, 0.1) is 0 Å². The summed E-state index contributed by atoms with van der Waals surface area (Å²) in [7, 11) is 0. The first-order chi connectivity index (χ1) is 12.1. The minimum absolute atomic E-state index is 0. The zero-order valence-corrected chi connectivity index (χ0v) is 14.5. The molecule has 0 fully saturated rings. The lowest BCUT2D eigenvalue weighted by atomic mass is 10.0. The molecule has 1 amide bonds. The number of carbonyl (C=O) groups is 1. The molecule has 1 unspecified atom stereocenters. The molecule has 0 bridgehead atoms. The summed E-state index contributed by atoms with van der Waals surface area (Å²) < 4.78 is 5.51. The highest BCUT2D eigenvalue weighted by Gasteiger charge is 2.06. The summed E-state index contributed by atoms with van der Waals surface area (Å²) in [6.45, 7) is 3.61. The molecule has 0 heterocycles. The maximum Gasteiger partial charge on any atom is 0.243 e. The van der Waals surface area contributed by atoms with Crippen LogP contribution in [0.1, 0.15) is 16.7 Å². The summed E-state index contributed by atoms with van der Waals surface area (Å²) in [6.07, 6.45) is 1.17. The van der Waals surface area contributed by atoms with Crippen molar-refractivity contribution >= 4 is 5.91 Å². The second kappa shape index (κ2) is 11.0. The fourth-order valence-corrected chi connectivity index (χ4v) is 2.24. The molecule has 2 aromatic carbocycles. The third kappa shape index (κ3) is 7.06. The van der Waals surface area contributed by atoms with E-state index in [2.05, 4.69) is 11.9 Å². The monoisotopic (exact) mass is 359 g/mol. The Hall–Kier alpha value is -2.67. The predicted molar refractivity (Wildman–Crippen MR) is 99.9 cm³/mol. The van der Waals surface area contributed by atoms with E-state index in [-0.39, 0.29) is 31.1 Å². The zero-order valence-electron chi connectivity index (χ0n) is 14.5. The lowest BCUT2D eigenvalue weighted by Gasteiger charge is -2.13. The van der Waals surface area contributed by atoms with Crippen LogP contribution in [-0.2, 0) is 17.8 Å². The molecule has 0 radical (unpaired) electrons. The van der Waals surface area contributed by atoms with Crippen LogP contribution in [0.3, 0.4) is 0 Å². The number of ether oxygens (including phenoxy) is 1. The van der Waals surface area contributed by atoms with Crippen molar-refractivity contribution < 1.29 is 25.2 Å². The van der Waals surface area contributed by atoms with Crippen LogP contribution in [0.2, 0.25) is 0 Å². The number of nitrogens with one attached hydrogen (secondary N) is 1. The van der Waals surface area contributed by atoms with E-state index in [9.17, 15) is 9.90 Å². The van der Waals surface area contributed by atoms with Crippen molar-refractivity contribution in [1.82, 2.24) is 5.32 Å². The van der Waals surface area contributed by atoms with Gasteiger partial charge in [-0.05, 0) is 41.3 Å². The van der Waals surface area contributed by atoms with Crippen LogP contribution in [0.25, 0.3) is 0 Å². The summed E-state index contributed by atoms with van der Waals surface area (Å²) in [6, 6.07) is 15.5. The second-order valence-corrected chi connectivity index (χ2v) is 5.71. The predicted octanol–water partition coefficient (Wildman–Crippen LogP) is 0.987. The quantitative estimate of drug-likeness (QED) is 0.580. The van der Waals surface area contributed by atoms with E-state index in [1.807, 2.05) is 48.5 Å². The second-order valence-electron chi connectivity index (χ2n) is 5.71. The summed E-state index contributed by atoms with van der Waals surface area (Å²) in [5.41, 5.74) is 3.21. The molecule has 6 heteroatoms. The summed E-state index contributed by atoms with van der Waals surface area (Å²) >= 11 is 0. The number of benzene rings is 2. The molecule has 0 aromatic heterocycles. The highest BCUT2D eigenvalue weighted by molar-refractivity contribution is 5.86. The molecule has 26 heavy (non-hydrogen) atoms. The summed E-state index contributed by atoms with van der Waals surface area (Å²) in [4.78, 5) is 11.0. The molecule has 0 aliphatic rings. The van der Waals surface area contributed by atoms with Crippen LogP contribution in [0.15, 0.2) is 61.2 Å². The van der Waals surface area contributed by atoms with Gasteiger partial charge in [-0.2, -0.15) is 0 Å². The standard InChI is InChI=1S/C20H23NO4.H2O/c1-2-20(24)21-12-18(23)14-25-19-9-7-16(8-10-19)11-15-3-5-17(13-22)6-4-15;/h2-10,18,22-23H,1,11-14H2,(H,21,24);1H2. The van der Waals surface area contributed by atoms with Crippen molar-refractivity contribution in [2.24, 2.45) is 0 Å². The maximum atomic E-state index is 11.0. The van der Waals surface area contributed by atoms with Gasteiger partial charge in [0.15, 0.2) is 0 Å². The summed E-state index contributed by atoms with van der Waals surface area (Å²) in [5, 5.41) is 21.3. The molecule has 140 valence electrons. The van der Waals surface area contributed by atoms with Gasteiger partial charge in [-0.25, -0.2) is 0 Å². The Morgan fingerprint density at radius 3 is 2.15 bits per heavy atom. The highest BCUT2D eigenvalue weighted by atomic mass is 16.5. The van der Waals surface area contributed by atoms with E-state index in [0.29, 0.717) is 5.75 Å². The molecule has 0 spiro atoms. The molecule has 5 N–H and O–H groups in total. The van der Waals surface area contributed by atoms with Gasteiger partial charge in [0, 0.05) is 6.54 Å². The fourth-order valence-electron chi connectivity index (χ4n) is 2.24. The van der Waals surface area contributed by atoms with E-state index in [4.69, 9.17) is 9.84 Å². The van der Waals surface area contributed by atoms with E-state index in [0.717, 1.165) is 23.6 Å². The van der Waals surface area contributed by atoms with E-state index < -0.39 is 6.10 Å². The SMILES string of the molecule is C=CC(=O)NCC(O)COc1ccc(Cc2ccc(CO)cc2)cc1.O. The van der Waals surface area contributed by atoms with E-state index in [1.54, 1.807) is 0 Å². The van der Waals surface area contributed by atoms with Gasteiger partial charge in [-0.1, -0.05) is 43.0 Å². The Balaban J connectivity index is 0.00000338. The molecular formula is C20H25NO5. The number of carbonyl (C=O) groups excluding carboxylic acids is 1. The first kappa shape index (κ1) is 21.4. The van der Waals surface area contributed by atoms with Crippen LogP contribution in [-0.4, -0.2) is 40.9 Å². The average molecular weight is 359 g/mol. The van der Waals surface area contributed by atoms with E-state index in [1.165, 1.54) is 5.56 Å². The molecule has 2 rings (SSSR count). The molecule has 0 saturated heterocycles. The molecule has 0 aliphatic heterocycles. The Morgan fingerprint density at radius 2 is 1.62 bits per heavy atom. The van der Waals surface area contributed by atoms with Gasteiger partial charge in [-0.3, -0.25) is 4.79 Å². The maximum absolute atomic E-state index is 11.0. The normalized spacial score (nSPS) is 11.2. The molecule has 6 nitrogen and oxygen atoms in total. The first-order valence-electron chi connectivity index (χ1n) is 8.09. The molecule has 2 aromatic rings. The molecular weight excluding hydrogens is 334 g/mol. The number of rotatable bonds is 9. The van der Waals surface area contributed by atoms with Gasteiger partial charge in [0.1, 0.15) is 18.5 Å². The number of hydrogen-bond donors (Lipinski definition) is 3. The van der Waals surface area contributed by atoms with Gasteiger partial charge in [-0.15, -0.1) is 0 Å². The molecule has 0 aliphatic carbocycles. The lowest BCUT2D eigenvalue weighted by Crippen LogP contribution is -2.34.